The van der Waals surface area contributed by atoms with Gasteiger partial charge in [-0.3, -0.25) is 9.36 Å². The van der Waals surface area contributed by atoms with Crippen LogP contribution in [0.3, 0.4) is 0 Å². The Kier molecular flexibility index (Phi) is 3.26. The first kappa shape index (κ1) is 15.2. The van der Waals surface area contributed by atoms with Crippen LogP contribution in [0.25, 0.3) is 33.1 Å². The van der Waals surface area contributed by atoms with Crippen LogP contribution in [0, 0.1) is 18.3 Å². The molecular formula is C21H17N3O. The molecule has 0 saturated carbocycles. The van der Waals surface area contributed by atoms with Gasteiger partial charge in [0.1, 0.15) is 5.65 Å². The van der Waals surface area contributed by atoms with Gasteiger partial charge in [0.2, 0.25) is 0 Å². The lowest BCUT2D eigenvalue weighted by atomic mass is 10.0. The van der Waals surface area contributed by atoms with E-state index in [0.29, 0.717) is 11.1 Å². The van der Waals surface area contributed by atoms with Crippen molar-refractivity contribution in [2.45, 2.75) is 6.92 Å². The summed E-state index contributed by atoms with van der Waals surface area (Å²) in [6.07, 6.45) is 0. The van der Waals surface area contributed by atoms with Gasteiger partial charge in [-0.25, -0.2) is 0 Å². The van der Waals surface area contributed by atoms with Crippen LogP contribution >= 0.6 is 0 Å². The van der Waals surface area contributed by atoms with Crippen molar-refractivity contribution in [3.63, 3.8) is 0 Å². The van der Waals surface area contributed by atoms with Crippen molar-refractivity contribution < 1.29 is 0 Å². The molecule has 0 aliphatic heterocycles. The van der Waals surface area contributed by atoms with E-state index >= 15 is 0 Å². The van der Waals surface area contributed by atoms with Crippen LogP contribution in [0.1, 0.15) is 11.1 Å². The van der Waals surface area contributed by atoms with E-state index in [1.807, 2.05) is 32.3 Å². The minimum Gasteiger partial charge on any atom is -0.330 e. The van der Waals surface area contributed by atoms with E-state index in [-0.39, 0.29) is 5.56 Å². The van der Waals surface area contributed by atoms with Crippen molar-refractivity contribution in [2.75, 3.05) is 0 Å². The second kappa shape index (κ2) is 5.35. The molecule has 0 aliphatic carbocycles. The zero-order valence-corrected chi connectivity index (χ0v) is 14.4. The van der Waals surface area contributed by atoms with Crippen LogP contribution in [0.2, 0.25) is 0 Å². The summed E-state index contributed by atoms with van der Waals surface area (Å²) in [5.41, 5.74) is 5.21. The van der Waals surface area contributed by atoms with Gasteiger partial charge in [0.25, 0.3) is 5.56 Å². The number of aryl methyl sites for hydroxylation is 3. The maximum Gasteiger partial charge on any atom is 0.259 e. The summed E-state index contributed by atoms with van der Waals surface area (Å²) < 4.78 is 3.77. The lowest BCUT2D eigenvalue weighted by molar-refractivity contribution is 0.846. The van der Waals surface area contributed by atoms with E-state index in [0.717, 1.165) is 27.5 Å². The molecule has 0 atom stereocenters. The molecule has 0 aliphatic rings. The highest BCUT2D eigenvalue weighted by molar-refractivity contribution is 6.08. The third kappa shape index (κ3) is 2.17. The third-order valence-corrected chi connectivity index (χ3v) is 4.83. The molecule has 0 bridgehead atoms. The van der Waals surface area contributed by atoms with E-state index in [1.54, 1.807) is 16.7 Å². The molecule has 0 fully saturated rings. The number of rotatable bonds is 1. The fourth-order valence-electron chi connectivity index (χ4n) is 3.54. The van der Waals surface area contributed by atoms with Crippen LogP contribution in [-0.2, 0) is 14.1 Å². The highest BCUT2D eigenvalue weighted by atomic mass is 16.1. The summed E-state index contributed by atoms with van der Waals surface area (Å²) >= 11 is 0. The van der Waals surface area contributed by atoms with Crippen molar-refractivity contribution in [3.05, 3.63) is 70.0 Å². The predicted molar refractivity (Wildman–Crippen MR) is 101 cm³/mol. The first-order valence-electron chi connectivity index (χ1n) is 8.10. The van der Waals surface area contributed by atoms with Gasteiger partial charge in [-0.15, -0.1) is 0 Å². The molecular weight excluding hydrogens is 310 g/mol. The van der Waals surface area contributed by atoms with E-state index < -0.39 is 0 Å². The first-order valence-corrected chi connectivity index (χ1v) is 8.10. The first-order chi connectivity index (χ1) is 12.0. The molecule has 25 heavy (non-hydrogen) atoms. The molecule has 0 amide bonds. The minimum atomic E-state index is -0.0418. The lowest BCUT2D eigenvalue weighted by Crippen LogP contribution is -2.20. The number of nitriles is 1. The minimum absolute atomic E-state index is 0.0418. The summed E-state index contributed by atoms with van der Waals surface area (Å²) in [5.74, 6) is 0. The Morgan fingerprint density at radius 2 is 1.64 bits per heavy atom. The molecule has 0 N–H and O–H groups in total. The number of benzene rings is 2. The van der Waals surface area contributed by atoms with Gasteiger partial charge in [0.05, 0.1) is 17.1 Å². The normalized spacial score (nSPS) is 11.1. The van der Waals surface area contributed by atoms with Crippen molar-refractivity contribution >= 4 is 21.9 Å². The van der Waals surface area contributed by atoms with Gasteiger partial charge >= 0.3 is 0 Å². The maximum absolute atomic E-state index is 12.9. The van der Waals surface area contributed by atoms with Crippen LogP contribution < -0.4 is 5.56 Å². The monoisotopic (exact) mass is 327 g/mol. The molecule has 4 rings (SSSR count). The molecule has 2 aromatic heterocycles. The van der Waals surface area contributed by atoms with Crippen molar-refractivity contribution in [2.24, 2.45) is 14.1 Å². The number of nitrogens with zero attached hydrogens (tertiary/aromatic N) is 3. The summed E-state index contributed by atoms with van der Waals surface area (Å²) in [6.45, 7) is 2.07. The number of hydrogen-bond donors (Lipinski definition) is 0. The standard InChI is InChI=1S/C21H17N3O/c1-13-4-9-19-17(10-13)18-11-16(15-7-5-14(12-22)6-8-15)21(25)24(3)20(18)23(19)2/h4-11H,1-3H3. The molecule has 4 heteroatoms. The van der Waals surface area contributed by atoms with Crippen LogP contribution in [0.4, 0.5) is 0 Å². The average molecular weight is 327 g/mol. The zero-order chi connectivity index (χ0) is 17.7. The number of aromatic nitrogens is 2. The molecule has 2 aromatic carbocycles. The summed E-state index contributed by atoms with van der Waals surface area (Å²) in [7, 11) is 3.80. The van der Waals surface area contributed by atoms with Crippen molar-refractivity contribution in [3.8, 4) is 17.2 Å². The Hall–Kier alpha value is -3.32. The molecule has 122 valence electrons. The van der Waals surface area contributed by atoms with Gasteiger partial charge in [-0.2, -0.15) is 5.26 Å². The van der Waals surface area contributed by atoms with Crippen LogP contribution in [0.5, 0.6) is 0 Å². The molecule has 4 aromatic rings. The highest BCUT2D eigenvalue weighted by Crippen LogP contribution is 2.30. The quantitative estimate of drug-likeness (QED) is 0.533. The predicted octanol–water partition coefficient (Wildman–Crippen LogP) is 3.88. The van der Waals surface area contributed by atoms with E-state index in [4.69, 9.17) is 5.26 Å². The summed E-state index contributed by atoms with van der Waals surface area (Å²) in [4.78, 5) is 12.9. The van der Waals surface area contributed by atoms with Gasteiger partial charge in [0.15, 0.2) is 0 Å². The Balaban J connectivity index is 2.11. The van der Waals surface area contributed by atoms with E-state index in [9.17, 15) is 4.79 Å². The third-order valence-electron chi connectivity index (χ3n) is 4.83. The topological polar surface area (TPSA) is 50.7 Å². The van der Waals surface area contributed by atoms with Crippen molar-refractivity contribution in [1.82, 2.24) is 9.13 Å². The van der Waals surface area contributed by atoms with E-state index in [1.165, 1.54) is 5.56 Å². The van der Waals surface area contributed by atoms with E-state index in [2.05, 4.69) is 35.8 Å². The zero-order valence-electron chi connectivity index (χ0n) is 14.4. The number of pyridine rings is 1. The highest BCUT2D eigenvalue weighted by Gasteiger charge is 2.15. The lowest BCUT2D eigenvalue weighted by Gasteiger charge is -2.08. The Morgan fingerprint density at radius 1 is 0.920 bits per heavy atom. The van der Waals surface area contributed by atoms with Crippen LogP contribution in [0.15, 0.2) is 53.3 Å². The second-order valence-electron chi connectivity index (χ2n) is 6.43. The number of hydrogen-bond acceptors (Lipinski definition) is 2. The largest absolute Gasteiger partial charge is 0.330 e. The van der Waals surface area contributed by atoms with Gasteiger partial charge < -0.3 is 4.57 Å². The molecule has 2 heterocycles. The smallest absolute Gasteiger partial charge is 0.259 e. The fraction of sp³-hybridized carbons (Fsp3) is 0.143. The van der Waals surface area contributed by atoms with Gasteiger partial charge in [-0.05, 0) is 42.8 Å². The van der Waals surface area contributed by atoms with Crippen LogP contribution in [-0.4, -0.2) is 9.13 Å². The molecule has 4 nitrogen and oxygen atoms in total. The average Bonchev–Trinajstić information content (AvgIpc) is 2.90. The van der Waals surface area contributed by atoms with Crippen molar-refractivity contribution in [1.29, 1.82) is 5.26 Å². The Morgan fingerprint density at radius 3 is 2.32 bits per heavy atom. The van der Waals surface area contributed by atoms with Gasteiger partial charge in [0, 0.05) is 30.4 Å². The number of fused-ring (bicyclic) bond motifs is 3. The molecule has 0 radical (unpaired) electrons. The SMILES string of the molecule is Cc1ccc2c(c1)c1cc(-c3ccc(C#N)cc3)c(=O)n(C)c1n2C. The molecule has 0 spiro atoms. The summed E-state index contributed by atoms with van der Waals surface area (Å²) in [6, 6.07) is 17.6. The fourth-order valence-corrected chi connectivity index (χ4v) is 3.54. The Bertz CT molecular complexity index is 1240. The van der Waals surface area contributed by atoms with Gasteiger partial charge in [-0.1, -0.05) is 23.8 Å². The Labute approximate surface area is 145 Å². The molecule has 0 unspecified atom stereocenters. The molecule has 0 saturated heterocycles. The summed E-state index contributed by atoms with van der Waals surface area (Å²) in [5, 5.41) is 11.2. The second-order valence-corrected chi connectivity index (χ2v) is 6.43. The maximum atomic E-state index is 12.9.